The van der Waals surface area contributed by atoms with Crippen LogP contribution in [-0.2, 0) is 11.3 Å². The Morgan fingerprint density at radius 3 is 2.79 bits per heavy atom. The van der Waals surface area contributed by atoms with E-state index in [4.69, 9.17) is 17.3 Å². The molecule has 2 rings (SSSR count). The van der Waals surface area contributed by atoms with Crippen LogP contribution in [0.4, 0.5) is 5.95 Å². The zero-order valence-electron chi connectivity index (χ0n) is 11.2. The van der Waals surface area contributed by atoms with Crippen molar-refractivity contribution < 1.29 is 4.79 Å². The van der Waals surface area contributed by atoms with Gasteiger partial charge in [0.2, 0.25) is 11.9 Å². The van der Waals surface area contributed by atoms with Gasteiger partial charge in [0, 0.05) is 10.6 Å². The highest BCUT2D eigenvalue weighted by Crippen LogP contribution is 2.21. The fourth-order valence-electron chi connectivity index (χ4n) is 1.89. The van der Waals surface area contributed by atoms with E-state index in [0.29, 0.717) is 16.5 Å². The van der Waals surface area contributed by atoms with Gasteiger partial charge in [-0.3, -0.25) is 4.79 Å². The maximum atomic E-state index is 11.9. The number of nitrogens with one attached hydrogen (secondary N) is 1. The van der Waals surface area contributed by atoms with Crippen LogP contribution in [0.1, 0.15) is 20.8 Å². The zero-order valence-corrected chi connectivity index (χ0v) is 12.0. The predicted molar refractivity (Wildman–Crippen MR) is 77.1 cm³/mol. The lowest BCUT2D eigenvalue weighted by atomic mass is 10.1. The first-order valence-corrected chi connectivity index (χ1v) is 6.36. The molecule has 0 fully saturated rings. The summed E-state index contributed by atoms with van der Waals surface area (Å²) in [4.78, 5) is 16.1. The lowest BCUT2D eigenvalue weighted by Crippen LogP contribution is -2.42. The smallest absolute Gasteiger partial charge is 0.240 e. The molecule has 0 aliphatic heterocycles. The molecule has 0 radical (unpaired) electrons. The van der Waals surface area contributed by atoms with Crippen molar-refractivity contribution in [1.82, 2.24) is 14.9 Å². The highest BCUT2D eigenvalue weighted by atomic mass is 35.5. The molecule has 3 N–H and O–H groups in total. The molecule has 0 saturated heterocycles. The Hall–Kier alpha value is -1.75. The first-order chi connectivity index (χ1) is 8.76. The number of hydrogen-bond donors (Lipinski definition) is 2. The largest absolute Gasteiger partial charge is 0.369 e. The van der Waals surface area contributed by atoms with Crippen molar-refractivity contribution in [3.8, 4) is 0 Å². The second-order valence-electron chi connectivity index (χ2n) is 5.49. The molecule has 5 nitrogen and oxygen atoms in total. The molecule has 1 heterocycles. The second kappa shape index (κ2) is 4.74. The summed E-state index contributed by atoms with van der Waals surface area (Å²) >= 11 is 5.90. The number of amides is 1. The third-order valence-electron chi connectivity index (χ3n) is 2.56. The molecular weight excluding hydrogens is 264 g/mol. The summed E-state index contributed by atoms with van der Waals surface area (Å²) in [5.74, 6) is 0.203. The fourth-order valence-corrected chi connectivity index (χ4v) is 2.06. The molecular formula is C13H17ClN4O. The molecule has 0 spiro atoms. The van der Waals surface area contributed by atoms with Crippen molar-refractivity contribution >= 4 is 34.5 Å². The quantitative estimate of drug-likeness (QED) is 0.886. The Bertz CT molecular complexity index is 627. The zero-order chi connectivity index (χ0) is 14.2. The van der Waals surface area contributed by atoms with Gasteiger partial charge < -0.3 is 15.6 Å². The summed E-state index contributed by atoms with van der Waals surface area (Å²) in [6.45, 7) is 5.93. The minimum absolute atomic E-state index is 0.103. The summed E-state index contributed by atoms with van der Waals surface area (Å²) < 4.78 is 1.67. The van der Waals surface area contributed by atoms with Crippen LogP contribution < -0.4 is 11.1 Å². The van der Waals surface area contributed by atoms with Crippen LogP contribution in [0.25, 0.3) is 11.0 Å². The maximum absolute atomic E-state index is 11.9. The number of anilines is 1. The Morgan fingerprint density at radius 2 is 2.16 bits per heavy atom. The van der Waals surface area contributed by atoms with Crippen molar-refractivity contribution in [2.45, 2.75) is 32.9 Å². The van der Waals surface area contributed by atoms with Gasteiger partial charge in [0.1, 0.15) is 6.54 Å². The van der Waals surface area contributed by atoms with Crippen molar-refractivity contribution in [3.63, 3.8) is 0 Å². The molecule has 0 unspecified atom stereocenters. The summed E-state index contributed by atoms with van der Waals surface area (Å²) in [6.07, 6.45) is 0. The molecule has 0 aliphatic rings. The SMILES string of the molecule is CC(C)(C)NC(=O)Cn1c(N)nc2cc(Cl)ccc21. The number of hydrogen-bond acceptors (Lipinski definition) is 3. The van der Waals surface area contributed by atoms with Gasteiger partial charge in [-0.1, -0.05) is 11.6 Å². The van der Waals surface area contributed by atoms with Crippen LogP contribution in [0.3, 0.4) is 0 Å². The van der Waals surface area contributed by atoms with Crippen LogP contribution in [0.2, 0.25) is 5.02 Å². The molecule has 102 valence electrons. The van der Waals surface area contributed by atoms with Gasteiger partial charge in [0.15, 0.2) is 0 Å². The minimum atomic E-state index is -0.272. The number of nitrogen functional groups attached to an aromatic ring is 1. The first kappa shape index (κ1) is 13.7. The molecule has 19 heavy (non-hydrogen) atoms. The highest BCUT2D eigenvalue weighted by Gasteiger charge is 2.16. The Labute approximate surface area is 116 Å². The minimum Gasteiger partial charge on any atom is -0.369 e. The number of fused-ring (bicyclic) bond motifs is 1. The predicted octanol–water partition coefficient (Wildman–Crippen LogP) is 2.19. The van der Waals surface area contributed by atoms with Gasteiger partial charge in [-0.25, -0.2) is 4.98 Å². The molecule has 1 amide bonds. The Morgan fingerprint density at radius 1 is 1.47 bits per heavy atom. The Kier molecular flexibility index (Phi) is 3.41. The van der Waals surface area contributed by atoms with E-state index in [1.807, 2.05) is 26.8 Å². The average molecular weight is 281 g/mol. The number of aromatic nitrogens is 2. The van der Waals surface area contributed by atoms with Crippen molar-refractivity contribution in [1.29, 1.82) is 0 Å². The summed E-state index contributed by atoms with van der Waals surface area (Å²) in [6, 6.07) is 5.29. The van der Waals surface area contributed by atoms with Crippen LogP contribution in [0, 0.1) is 0 Å². The van der Waals surface area contributed by atoms with Crippen LogP contribution >= 0.6 is 11.6 Å². The van der Waals surface area contributed by atoms with E-state index in [2.05, 4.69) is 10.3 Å². The third kappa shape index (κ3) is 3.17. The molecule has 0 saturated carbocycles. The number of carbonyl (C=O) groups excluding carboxylic acids is 1. The number of halogens is 1. The van der Waals surface area contributed by atoms with Crippen LogP contribution in [-0.4, -0.2) is 21.0 Å². The maximum Gasteiger partial charge on any atom is 0.240 e. The molecule has 0 bridgehead atoms. The summed E-state index contributed by atoms with van der Waals surface area (Å²) in [7, 11) is 0. The van der Waals surface area contributed by atoms with Gasteiger partial charge in [-0.05, 0) is 39.0 Å². The number of benzene rings is 1. The van der Waals surface area contributed by atoms with E-state index < -0.39 is 0 Å². The van der Waals surface area contributed by atoms with E-state index >= 15 is 0 Å². The molecule has 6 heteroatoms. The number of nitrogens with two attached hydrogens (primary N) is 1. The average Bonchev–Trinajstić information content (AvgIpc) is 2.51. The number of rotatable bonds is 2. The van der Waals surface area contributed by atoms with Crippen molar-refractivity contribution in [2.24, 2.45) is 0 Å². The van der Waals surface area contributed by atoms with Gasteiger partial charge in [-0.2, -0.15) is 0 Å². The lowest BCUT2D eigenvalue weighted by Gasteiger charge is -2.20. The molecule has 0 atom stereocenters. The topological polar surface area (TPSA) is 72.9 Å². The van der Waals surface area contributed by atoms with E-state index in [-0.39, 0.29) is 18.0 Å². The molecule has 2 aromatic rings. The summed E-state index contributed by atoms with van der Waals surface area (Å²) in [5.41, 5.74) is 7.06. The van der Waals surface area contributed by atoms with Crippen LogP contribution in [0.5, 0.6) is 0 Å². The number of imidazole rings is 1. The number of nitrogens with zero attached hydrogens (tertiary/aromatic N) is 2. The van der Waals surface area contributed by atoms with E-state index in [1.54, 1.807) is 16.7 Å². The highest BCUT2D eigenvalue weighted by molar-refractivity contribution is 6.31. The lowest BCUT2D eigenvalue weighted by molar-refractivity contribution is -0.122. The van der Waals surface area contributed by atoms with E-state index in [9.17, 15) is 4.79 Å². The van der Waals surface area contributed by atoms with Gasteiger partial charge >= 0.3 is 0 Å². The third-order valence-corrected chi connectivity index (χ3v) is 2.79. The molecule has 1 aromatic heterocycles. The normalized spacial score (nSPS) is 11.8. The van der Waals surface area contributed by atoms with Gasteiger partial charge in [0.25, 0.3) is 0 Å². The van der Waals surface area contributed by atoms with Gasteiger partial charge in [0.05, 0.1) is 11.0 Å². The van der Waals surface area contributed by atoms with Crippen molar-refractivity contribution in [2.75, 3.05) is 5.73 Å². The van der Waals surface area contributed by atoms with Crippen molar-refractivity contribution in [3.05, 3.63) is 23.2 Å². The molecule has 1 aromatic carbocycles. The number of carbonyl (C=O) groups is 1. The first-order valence-electron chi connectivity index (χ1n) is 5.98. The van der Waals surface area contributed by atoms with Crippen LogP contribution in [0.15, 0.2) is 18.2 Å². The molecule has 0 aliphatic carbocycles. The van der Waals surface area contributed by atoms with Gasteiger partial charge in [-0.15, -0.1) is 0 Å². The summed E-state index contributed by atoms with van der Waals surface area (Å²) in [5, 5.41) is 3.49. The van der Waals surface area contributed by atoms with E-state index in [0.717, 1.165) is 5.52 Å². The Balaban J connectivity index is 2.30. The monoisotopic (exact) mass is 280 g/mol. The second-order valence-corrected chi connectivity index (χ2v) is 5.92. The standard InChI is InChI=1S/C13H17ClN4O/c1-13(2,3)17-11(19)7-18-10-5-4-8(14)6-9(10)16-12(18)15/h4-6H,7H2,1-3H3,(H2,15,16)(H,17,19). The van der Waals surface area contributed by atoms with E-state index in [1.165, 1.54) is 0 Å². The fraction of sp³-hybridized carbons (Fsp3) is 0.385.